The maximum atomic E-state index is 12.4. The van der Waals surface area contributed by atoms with E-state index in [0.29, 0.717) is 5.13 Å². The van der Waals surface area contributed by atoms with Crippen LogP contribution in [0.4, 0.5) is 5.13 Å². The number of thiazole rings is 1. The van der Waals surface area contributed by atoms with Crippen molar-refractivity contribution in [2.75, 3.05) is 25.3 Å². The summed E-state index contributed by atoms with van der Waals surface area (Å²) in [4.78, 5) is 21.2. The molecule has 0 radical (unpaired) electrons. The number of nitrogens with zero attached hydrogens (tertiary/aromatic N) is 3. The summed E-state index contributed by atoms with van der Waals surface area (Å²) in [6.45, 7) is 0. The van der Waals surface area contributed by atoms with E-state index < -0.39 is 0 Å². The monoisotopic (exact) mass is 426 g/mol. The van der Waals surface area contributed by atoms with E-state index in [1.807, 2.05) is 53.2 Å². The molecule has 0 fully saturated rings. The SMILES string of the molecule is COc1cccc(-n2ccnc2SCC(=O)Nc2nc3ccc(OC)cc3s2)c1. The van der Waals surface area contributed by atoms with Crippen LogP contribution < -0.4 is 14.8 Å². The van der Waals surface area contributed by atoms with Gasteiger partial charge in [-0.2, -0.15) is 0 Å². The average molecular weight is 427 g/mol. The number of imidazole rings is 1. The van der Waals surface area contributed by atoms with Crippen LogP contribution in [0.15, 0.2) is 60.0 Å². The smallest absolute Gasteiger partial charge is 0.236 e. The fourth-order valence-corrected chi connectivity index (χ4v) is 4.41. The Morgan fingerprint density at radius 1 is 1.17 bits per heavy atom. The molecule has 0 bridgehead atoms. The molecule has 0 aliphatic heterocycles. The van der Waals surface area contributed by atoms with Gasteiger partial charge >= 0.3 is 0 Å². The van der Waals surface area contributed by atoms with Gasteiger partial charge in [0.25, 0.3) is 0 Å². The van der Waals surface area contributed by atoms with E-state index >= 15 is 0 Å². The summed E-state index contributed by atoms with van der Waals surface area (Å²) < 4.78 is 13.4. The summed E-state index contributed by atoms with van der Waals surface area (Å²) >= 11 is 2.77. The molecule has 0 unspecified atom stereocenters. The lowest BCUT2D eigenvalue weighted by Gasteiger charge is -2.09. The first kappa shape index (κ1) is 19.3. The molecule has 29 heavy (non-hydrogen) atoms. The zero-order valence-electron chi connectivity index (χ0n) is 15.8. The van der Waals surface area contributed by atoms with Crippen molar-refractivity contribution in [3.05, 3.63) is 54.9 Å². The van der Waals surface area contributed by atoms with Gasteiger partial charge in [-0.3, -0.25) is 9.36 Å². The van der Waals surface area contributed by atoms with Crippen LogP contribution >= 0.6 is 23.1 Å². The number of fused-ring (bicyclic) bond motifs is 1. The van der Waals surface area contributed by atoms with E-state index in [1.165, 1.54) is 23.1 Å². The topological polar surface area (TPSA) is 78.3 Å². The molecule has 0 aliphatic rings. The van der Waals surface area contributed by atoms with Crippen LogP contribution in [0, 0.1) is 0 Å². The Hall–Kier alpha value is -3.04. The number of carbonyl (C=O) groups excluding carboxylic acids is 1. The van der Waals surface area contributed by atoms with Crippen LogP contribution in [0.25, 0.3) is 15.9 Å². The minimum absolute atomic E-state index is 0.138. The third kappa shape index (κ3) is 4.36. The van der Waals surface area contributed by atoms with Gasteiger partial charge in [0.15, 0.2) is 10.3 Å². The molecule has 9 heteroatoms. The number of hydrogen-bond acceptors (Lipinski definition) is 7. The van der Waals surface area contributed by atoms with E-state index in [0.717, 1.165) is 32.6 Å². The first-order chi connectivity index (χ1) is 14.2. The number of methoxy groups -OCH3 is 2. The third-order valence-corrected chi connectivity index (χ3v) is 6.01. The fraction of sp³-hybridized carbons (Fsp3) is 0.150. The van der Waals surface area contributed by atoms with Crippen molar-refractivity contribution in [3.63, 3.8) is 0 Å². The predicted octanol–water partition coefficient (Wildman–Crippen LogP) is 4.23. The molecule has 0 saturated carbocycles. The van der Waals surface area contributed by atoms with Crippen molar-refractivity contribution < 1.29 is 14.3 Å². The van der Waals surface area contributed by atoms with E-state index in [-0.39, 0.29) is 11.7 Å². The van der Waals surface area contributed by atoms with E-state index in [1.54, 1.807) is 20.4 Å². The second-order valence-electron chi connectivity index (χ2n) is 5.97. The summed E-state index contributed by atoms with van der Waals surface area (Å²) in [6, 6.07) is 13.3. The maximum absolute atomic E-state index is 12.4. The highest BCUT2D eigenvalue weighted by molar-refractivity contribution is 7.99. The van der Waals surface area contributed by atoms with Crippen molar-refractivity contribution >= 4 is 44.4 Å². The van der Waals surface area contributed by atoms with Crippen LogP contribution in [0.5, 0.6) is 11.5 Å². The second-order valence-corrected chi connectivity index (χ2v) is 7.94. The number of carbonyl (C=O) groups is 1. The Kier molecular flexibility index (Phi) is 5.68. The molecule has 2 aromatic heterocycles. The molecule has 2 aromatic carbocycles. The van der Waals surface area contributed by atoms with Crippen LogP contribution in [0.2, 0.25) is 0 Å². The van der Waals surface area contributed by atoms with Gasteiger partial charge < -0.3 is 14.8 Å². The number of ether oxygens (including phenoxy) is 2. The first-order valence-corrected chi connectivity index (χ1v) is 10.5. The lowest BCUT2D eigenvalue weighted by Crippen LogP contribution is -2.14. The number of rotatable bonds is 7. The van der Waals surface area contributed by atoms with E-state index in [9.17, 15) is 4.79 Å². The summed E-state index contributed by atoms with van der Waals surface area (Å²) in [5.74, 6) is 1.61. The summed E-state index contributed by atoms with van der Waals surface area (Å²) in [6.07, 6.45) is 3.57. The Labute approximate surface area is 175 Å². The number of anilines is 1. The largest absolute Gasteiger partial charge is 0.497 e. The molecular weight excluding hydrogens is 408 g/mol. The summed E-state index contributed by atoms with van der Waals surface area (Å²) in [7, 11) is 3.25. The van der Waals surface area contributed by atoms with Crippen molar-refractivity contribution in [1.29, 1.82) is 0 Å². The van der Waals surface area contributed by atoms with Gasteiger partial charge in [-0.05, 0) is 30.3 Å². The van der Waals surface area contributed by atoms with Crippen molar-refractivity contribution in [1.82, 2.24) is 14.5 Å². The van der Waals surface area contributed by atoms with Gasteiger partial charge in [-0.25, -0.2) is 9.97 Å². The maximum Gasteiger partial charge on any atom is 0.236 e. The fourth-order valence-electron chi connectivity index (χ4n) is 2.72. The minimum Gasteiger partial charge on any atom is -0.497 e. The third-order valence-electron chi connectivity index (χ3n) is 4.11. The lowest BCUT2D eigenvalue weighted by molar-refractivity contribution is -0.113. The highest BCUT2D eigenvalue weighted by atomic mass is 32.2. The summed E-state index contributed by atoms with van der Waals surface area (Å²) in [5, 5.41) is 4.15. The Bertz CT molecular complexity index is 1160. The molecule has 0 saturated heterocycles. The average Bonchev–Trinajstić information content (AvgIpc) is 3.37. The number of amides is 1. The van der Waals surface area contributed by atoms with Crippen LogP contribution in [0.3, 0.4) is 0 Å². The van der Waals surface area contributed by atoms with Gasteiger partial charge in [-0.15, -0.1) is 0 Å². The zero-order chi connectivity index (χ0) is 20.2. The van der Waals surface area contributed by atoms with E-state index in [4.69, 9.17) is 9.47 Å². The Balaban J connectivity index is 1.42. The van der Waals surface area contributed by atoms with Gasteiger partial charge in [0.2, 0.25) is 5.91 Å². The number of benzene rings is 2. The molecule has 0 atom stereocenters. The number of thioether (sulfide) groups is 1. The van der Waals surface area contributed by atoms with E-state index in [2.05, 4.69) is 15.3 Å². The summed E-state index contributed by atoms with van der Waals surface area (Å²) in [5.41, 5.74) is 1.75. The predicted molar refractivity (Wildman–Crippen MR) is 116 cm³/mol. The van der Waals surface area contributed by atoms with Crippen LogP contribution in [-0.4, -0.2) is 40.4 Å². The molecule has 4 rings (SSSR count). The van der Waals surface area contributed by atoms with Crippen LogP contribution in [0.1, 0.15) is 0 Å². The Morgan fingerprint density at radius 3 is 2.83 bits per heavy atom. The molecular formula is C20H18N4O3S2. The quantitative estimate of drug-likeness (QED) is 0.446. The van der Waals surface area contributed by atoms with Gasteiger partial charge in [0, 0.05) is 18.5 Å². The Morgan fingerprint density at radius 2 is 2.00 bits per heavy atom. The minimum atomic E-state index is -0.138. The molecule has 148 valence electrons. The molecule has 0 aliphatic carbocycles. The standard InChI is InChI=1S/C20H18N4O3S2/c1-26-14-5-3-4-13(10-14)24-9-8-21-20(24)28-12-18(25)23-19-22-16-7-6-15(27-2)11-17(16)29-19/h3-11H,12H2,1-2H3,(H,22,23,25). The van der Waals surface area contributed by atoms with Gasteiger partial charge in [0.1, 0.15) is 11.5 Å². The van der Waals surface area contributed by atoms with Crippen molar-refractivity contribution in [2.24, 2.45) is 0 Å². The molecule has 0 spiro atoms. The normalized spacial score (nSPS) is 10.8. The van der Waals surface area contributed by atoms with Crippen molar-refractivity contribution in [2.45, 2.75) is 5.16 Å². The molecule has 4 aromatic rings. The molecule has 1 N–H and O–H groups in total. The molecule has 7 nitrogen and oxygen atoms in total. The highest BCUT2D eigenvalue weighted by Crippen LogP contribution is 2.29. The first-order valence-electron chi connectivity index (χ1n) is 8.71. The lowest BCUT2D eigenvalue weighted by atomic mass is 10.3. The molecule has 2 heterocycles. The van der Waals surface area contributed by atoms with Crippen molar-refractivity contribution in [3.8, 4) is 17.2 Å². The zero-order valence-corrected chi connectivity index (χ0v) is 17.4. The number of hydrogen-bond donors (Lipinski definition) is 1. The van der Waals surface area contributed by atoms with Crippen LogP contribution in [-0.2, 0) is 4.79 Å². The van der Waals surface area contributed by atoms with Gasteiger partial charge in [-0.1, -0.05) is 29.2 Å². The number of aromatic nitrogens is 3. The van der Waals surface area contributed by atoms with Gasteiger partial charge in [0.05, 0.1) is 35.9 Å². The number of nitrogens with one attached hydrogen (secondary N) is 1. The highest BCUT2D eigenvalue weighted by Gasteiger charge is 2.12. The second kappa shape index (κ2) is 8.54. The molecule has 1 amide bonds.